The molecule has 1 aliphatic carbocycles. The van der Waals surface area contributed by atoms with Crippen molar-refractivity contribution in [2.45, 2.75) is 51.3 Å². The highest BCUT2D eigenvalue weighted by Gasteiger charge is 2.33. The second kappa shape index (κ2) is 13.3. The number of aromatic nitrogens is 4. The first-order valence-corrected chi connectivity index (χ1v) is 14.6. The van der Waals surface area contributed by atoms with Crippen LogP contribution in [0.15, 0.2) is 66.2 Å². The summed E-state index contributed by atoms with van der Waals surface area (Å²) in [5.74, 6) is -0.566. The van der Waals surface area contributed by atoms with Gasteiger partial charge in [0.25, 0.3) is 0 Å². The molecule has 1 fully saturated rings. The van der Waals surface area contributed by atoms with Gasteiger partial charge in [0, 0.05) is 37.3 Å². The summed E-state index contributed by atoms with van der Waals surface area (Å²) in [4.78, 5) is 35.7. The van der Waals surface area contributed by atoms with E-state index in [-0.39, 0.29) is 42.3 Å². The molecule has 226 valence electrons. The average Bonchev–Trinajstić information content (AvgIpc) is 3.41. The van der Waals surface area contributed by atoms with Gasteiger partial charge in [-0.25, -0.2) is 4.98 Å². The molecule has 1 saturated heterocycles. The van der Waals surface area contributed by atoms with E-state index in [0.717, 1.165) is 30.1 Å². The number of carbonyl (C=O) groups is 2. The second-order valence-corrected chi connectivity index (χ2v) is 11.5. The van der Waals surface area contributed by atoms with E-state index in [0.29, 0.717) is 35.2 Å². The molecule has 2 aliphatic rings. The Bertz CT molecular complexity index is 1490. The van der Waals surface area contributed by atoms with E-state index in [4.69, 9.17) is 0 Å². The lowest BCUT2D eigenvalue weighted by Gasteiger charge is -2.33. The van der Waals surface area contributed by atoms with Crippen molar-refractivity contribution in [2.75, 3.05) is 28.6 Å². The number of amides is 2. The average molecular weight is 614 g/mol. The lowest BCUT2D eigenvalue weighted by atomic mass is 9.93. The molecule has 0 aromatic carbocycles. The number of nitrogens with zero attached hydrogens (tertiary/aromatic N) is 5. The lowest BCUT2D eigenvalue weighted by molar-refractivity contribution is -0.303. The van der Waals surface area contributed by atoms with Crippen molar-refractivity contribution in [3.05, 3.63) is 76.9 Å². The summed E-state index contributed by atoms with van der Waals surface area (Å²) in [5, 5.41) is 15.3. The Labute approximate surface area is 250 Å². The van der Waals surface area contributed by atoms with E-state index in [2.05, 4.69) is 40.4 Å². The smallest absolute Gasteiger partial charge is 0.406 e. The highest BCUT2D eigenvalue weighted by atomic mass is 32.1. The molecule has 2 amide bonds. The maximum Gasteiger partial charge on any atom is 0.573 e. The summed E-state index contributed by atoms with van der Waals surface area (Å²) in [6.07, 6.45) is 3.64. The number of allylic oxidation sites excluding steroid dienone is 2. The number of piperidine rings is 1. The predicted molar refractivity (Wildman–Crippen MR) is 155 cm³/mol. The van der Waals surface area contributed by atoms with Crippen LogP contribution in [0.2, 0.25) is 0 Å². The van der Waals surface area contributed by atoms with Gasteiger partial charge in [0.1, 0.15) is 16.6 Å². The van der Waals surface area contributed by atoms with Crippen LogP contribution in [0, 0.1) is 5.92 Å². The minimum atomic E-state index is -4.79. The summed E-state index contributed by atoms with van der Waals surface area (Å²) >= 11 is 1.37. The van der Waals surface area contributed by atoms with Crippen LogP contribution in [0.4, 0.5) is 29.8 Å². The SMILES string of the molecule is CC1C=C(OC(F)(F)F)C=C(CC(=O)Nc2ccc(N3CCCC(c4nnc(NC(=O)Cc5ccccn5)s4)C3)cn2)C1. The molecule has 5 rings (SSSR count). The van der Waals surface area contributed by atoms with Crippen LogP contribution in [0.3, 0.4) is 0 Å². The maximum absolute atomic E-state index is 12.6. The quantitative estimate of drug-likeness (QED) is 0.320. The van der Waals surface area contributed by atoms with Crippen LogP contribution in [-0.2, 0) is 20.7 Å². The topological polar surface area (TPSA) is 122 Å². The van der Waals surface area contributed by atoms with Crippen LogP contribution in [0.25, 0.3) is 0 Å². The van der Waals surface area contributed by atoms with Gasteiger partial charge in [0.2, 0.25) is 16.9 Å². The van der Waals surface area contributed by atoms with Crippen LogP contribution >= 0.6 is 11.3 Å². The van der Waals surface area contributed by atoms with Gasteiger partial charge in [-0.3, -0.25) is 14.6 Å². The van der Waals surface area contributed by atoms with Crippen LogP contribution in [-0.4, -0.2) is 51.4 Å². The zero-order chi connectivity index (χ0) is 30.4. The molecule has 1 aliphatic heterocycles. The molecule has 2 N–H and O–H groups in total. The van der Waals surface area contributed by atoms with Crippen molar-refractivity contribution in [1.29, 1.82) is 0 Å². The predicted octanol–water partition coefficient (Wildman–Crippen LogP) is 5.61. The Morgan fingerprint density at radius 3 is 2.67 bits per heavy atom. The first-order chi connectivity index (χ1) is 20.6. The minimum absolute atomic E-state index is 0.0619. The summed E-state index contributed by atoms with van der Waals surface area (Å²) in [7, 11) is 0. The number of halogens is 3. The molecule has 10 nitrogen and oxygen atoms in total. The first-order valence-electron chi connectivity index (χ1n) is 13.8. The van der Waals surface area contributed by atoms with E-state index in [1.54, 1.807) is 37.5 Å². The minimum Gasteiger partial charge on any atom is -0.406 e. The van der Waals surface area contributed by atoms with Crippen LogP contribution in [0.1, 0.15) is 49.2 Å². The zero-order valence-corrected chi connectivity index (χ0v) is 24.1. The molecule has 4 heterocycles. The van der Waals surface area contributed by atoms with Crippen LogP contribution < -0.4 is 15.5 Å². The van der Waals surface area contributed by atoms with Gasteiger partial charge in [0.05, 0.1) is 18.3 Å². The normalized spacial score (nSPS) is 18.8. The summed E-state index contributed by atoms with van der Waals surface area (Å²) in [6, 6.07) is 8.99. The van der Waals surface area contributed by atoms with Gasteiger partial charge in [0.15, 0.2) is 0 Å². The molecule has 2 unspecified atom stereocenters. The van der Waals surface area contributed by atoms with E-state index in [9.17, 15) is 22.8 Å². The Balaban J connectivity index is 1.13. The first kappa shape index (κ1) is 30.1. The number of hydrogen-bond acceptors (Lipinski definition) is 9. The molecule has 2 atom stereocenters. The third-order valence-electron chi connectivity index (χ3n) is 6.91. The van der Waals surface area contributed by atoms with Gasteiger partial charge in [-0.15, -0.1) is 23.4 Å². The molecule has 0 spiro atoms. The van der Waals surface area contributed by atoms with Crippen molar-refractivity contribution < 1.29 is 27.5 Å². The third-order valence-corrected chi connectivity index (χ3v) is 7.91. The van der Waals surface area contributed by atoms with E-state index < -0.39 is 6.36 Å². The highest BCUT2D eigenvalue weighted by Crippen LogP contribution is 2.33. The number of carbonyl (C=O) groups excluding carboxylic acids is 2. The Hall–Kier alpha value is -4.33. The number of rotatable bonds is 9. The van der Waals surface area contributed by atoms with Crippen molar-refractivity contribution >= 4 is 39.8 Å². The number of alkyl halides is 3. The molecular weight excluding hydrogens is 583 g/mol. The molecule has 0 radical (unpaired) electrons. The highest BCUT2D eigenvalue weighted by molar-refractivity contribution is 7.15. The Kier molecular flexibility index (Phi) is 9.34. The molecular formula is C29H30F3N7O3S. The van der Waals surface area contributed by atoms with E-state index in [1.165, 1.54) is 23.5 Å². The van der Waals surface area contributed by atoms with Gasteiger partial charge in [-0.2, -0.15) is 0 Å². The van der Waals surface area contributed by atoms with Gasteiger partial charge >= 0.3 is 6.36 Å². The van der Waals surface area contributed by atoms with Crippen molar-refractivity contribution in [2.24, 2.45) is 5.92 Å². The summed E-state index contributed by atoms with van der Waals surface area (Å²) < 4.78 is 41.9. The number of ether oxygens (including phenoxy) is 1. The summed E-state index contributed by atoms with van der Waals surface area (Å²) in [5.41, 5.74) is 2.11. The number of nitrogens with one attached hydrogen (secondary N) is 2. The second-order valence-electron chi connectivity index (χ2n) is 10.5. The van der Waals surface area contributed by atoms with Gasteiger partial charge < -0.3 is 20.3 Å². The van der Waals surface area contributed by atoms with E-state index >= 15 is 0 Å². The fourth-order valence-corrected chi connectivity index (χ4v) is 6.00. The maximum atomic E-state index is 12.6. The molecule has 3 aromatic rings. The van der Waals surface area contributed by atoms with E-state index in [1.807, 2.05) is 12.1 Å². The summed E-state index contributed by atoms with van der Waals surface area (Å²) in [6.45, 7) is 3.30. The lowest BCUT2D eigenvalue weighted by Crippen LogP contribution is -2.34. The largest absolute Gasteiger partial charge is 0.573 e. The molecule has 3 aromatic heterocycles. The fraction of sp³-hybridized carbons (Fsp3) is 0.379. The number of pyridine rings is 2. The molecule has 14 heteroatoms. The molecule has 43 heavy (non-hydrogen) atoms. The van der Waals surface area contributed by atoms with Gasteiger partial charge in [-0.1, -0.05) is 29.9 Å². The Morgan fingerprint density at radius 2 is 1.93 bits per heavy atom. The van der Waals surface area contributed by atoms with Gasteiger partial charge in [-0.05, 0) is 61.6 Å². The number of hydrogen-bond donors (Lipinski definition) is 2. The standard InChI is InChI=1S/C29H30F3N7O3S/c1-18-11-19(13-23(12-18)42-29(30,31)32)14-25(40)35-24-8-7-22(16-34-24)39-10-4-5-20(17-39)27-37-38-28(43-27)36-26(41)15-21-6-2-3-9-33-21/h2-3,6-9,12-13,16,18,20H,4-5,10-11,14-15,17H2,1H3,(H,34,35,40)(H,36,38,41). The molecule has 0 bridgehead atoms. The zero-order valence-electron chi connectivity index (χ0n) is 23.3. The van der Waals surface area contributed by atoms with Crippen molar-refractivity contribution in [3.63, 3.8) is 0 Å². The van der Waals surface area contributed by atoms with Crippen molar-refractivity contribution in [1.82, 2.24) is 20.2 Å². The monoisotopic (exact) mass is 613 g/mol. The molecule has 0 saturated carbocycles. The Morgan fingerprint density at radius 1 is 1.09 bits per heavy atom. The van der Waals surface area contributed by atoms with Crippen LogP contribution in [0.5, 0.6) is 0 Å². The third kappa shape index (κ3) is 8.83. The fourth-order valence-electron chi connectivity index (χ4n) is 5.12. The number of anilines is 3. The van der Waals surface area contributed by atoms with Crippen molar-refractivity contribution in [3.8, 4) is 0 Å².